The van der Waals surface area contributed by atoms with Gasteiger partial charge in [-0.1, -0.05) is 0 Å². The Morgan fingerprint density at radius 3 is 2.50 bits per heavy atom. The Morgan fingerprint density at radius 1 is 1.29 bits per heavy atom. The summed E-state index contributed by atoms with van der Waals surface area (Å²) in [5, 5.41) is 0. The highest BCUT2D eigenvalue weighted by atomic mass is 32.2. The lowest BCUT2D eigenvalue weighted by Crippen LogP contribution is -1.92. The molecule has 1 atom stereocenters. The fourth-order valence-corrected chi connectivity index (χ4v) is 1.50. The molecule has 5 heteroatoms. The van der Waals surface area contributed by atoms with E-state index >= 15 is 0 Å². The Bertz CT molecular complexity index is 436. The first kappa shape index (κ1) is 9.11. The van der Waals surface area contributed by atoms with Gasteiger partial charge < -0.3 is 9.12 Å². The van der Waals surface area contributed by atoms with Crippen molar-refractivity contribution in [2.75, 3.05) is 0 Å². The van der Waals surface area contributed by atoms with Gasteiger partial charge in [-0.25, -0.2) is 4.98 Å². The summed E-state index contributed by atoms with van der Waals surface area (Å²) in [7, 11) is 0. The third-order valence-electron chi connectivity index (χ3n) is 1.83. The molecule has 0 aliphatic rings. The first-order valence-corrected chi connectivity index (χ1v) is 5.02. The van der Waals surface area contributed by atoms with Gasteiger partial charge in [-0.3, -0.25) is 4.21 Å². The summed E-state index contributed by atoms with van der Waals surface area (Å²) in [6.45, 7) is 0. The molecular weight excluding hydrogens is 200 g/mol. The second-order valence-corrected chi connectivity index (χ2v) is 3.64. The van der Waals surface area contributed by atoms with E-state index in [1.54, 1.807) is 47.6 Å². The second-order valence-electron chi connectivity index (χ2n) is 2.70. The molecule has 0 aliphatic heterocycles. The van der Waals surface area contributed by atoms with E-state index in [2.05, 4.69) is 4.98 Å². The molecule has 72 valence electrons. The summed E-state index contributed by atoms with van der Waals surface area (Å²) in [6, 6.07) is 6.57. The number of aromatic nitrogens is 2. The van der Waals surface area contributed by atoms with Gasteiger partial charge in [-0.15, -0.1) is 0 Å². The molecule has 0 bridgehead atoms. The fourth-order valence-electron chi connectivity index (χ4n) is 1.14. The Hall–Kier alpha value is -1.46. The lowest BCUT2D eigenvalue weighted by atomic mass is 10.3. The van der Waals surface area contributed by atoms with Crippen molar-refractivity contribution in [2.24, 2.45) is 0 Å². The van der Waals surface area contributed by atoms with Crippen molar-refractivity contribution in [1.29, 1.82) is 0 Å². The number of nitrogens with zero attached hydrogens (tertiary/aromatic N) is 2. The molecule has 0 radical (unpaired) electrons. The first-order chi connectivity index (χ1) is 6.77. The van der Waals surface area contributed by atoms with Crippen LogP contribution in [0.3, 0.4) is 0 Å². The van der Waals surface area contributed by atoms with E-state index in [9.17, 15) is 8.76 Å². The highest BCUT2D eigenvalue weighted by Crippen LogP contribution is 2.10. The van der Waals surface area contributed by atoms with E-state index in [1.165, 1.54) is 0 Å². The van der Waals surface area contributed by atoms with Crippen molar-refractivity contribution in [1.82, 2.24) is 9.55 Å². The summed E-state index contributed by atoms with van der Waals surface area (Å²) in [5.74, 6) is 0. The maximum Gasteiger partial charge on any atom is 0.0991 e. The van der Waals surface area contributed by atoms with Crippen LogP contribution < -0.4 is 0 Å². The van der Waals surface area contributed by atoms with E-state index < -0.39 is 11.1 Å². The summed E-state index contributed by atoms with van der Waals surface area (Å²) < 4.78 is 23.0. The Balaban J connectivity index is 2.36. The third-order valence-corrected chi connectivity index (χ3v) is 2.49. The maximum absolute atomic E-state index is 10.6. The zero-order chi connectivity index (χ0) is 9.97. The molecule has 2 rings (SSSR count). The topological polar surface area (TPSA) is 57.9 Å². The van der Waals surface area contributed by atoms with Gasteiger partial charge in [0.15, 0.2) is 0 Å². The van der Waals surface area contributed by atoms with Gasteiger partial charge in [0.25, 0.3) is 0 Å². The molecule has 0 aliphatic carbocycles. The second kappa shape index (κ2) is 3.73. The Kier molecular flexibility index (Phi) is 2.43. The Morgan fingerprint density at radius 2 is 2.00 bits per heavy atom. The van der Waals surface area contributed by atoms with Gasteiger partial charge >= 0.3 is 0 Å². The molecular formula is C9H7N2O2S-. The predicted octanol–water partition coefficient (Wildman–Crippen LogP) is 1.11. The lowest BCUT2D eigenvalue weighted by Gasteiger charge is -2.06. The lowest BCUT2D eigenvalue weighted by molar-refractivity contribution is 0.537. The van der Waals surface area contributed by atoms with Crippen LogP contribution >= 0.6 is 0 Å². The van der Waals surface area contributed by atoms with E-state index in [4.69, 9.17) is 0 Å². The summed E-state index contributed by atoms with van der Waals surface area (Å²) in [4.78, 5) is 4.18. The molecule has 1 unspecified atom stereocenters. The molecule has 14 heavy (non-hydrogen) atoms. The highest BCUT2D eigenvalue weighted by molar-refractivity contribution is 7.79. The van der Waals surface area contributed by atoms with Gasteiger partial charge in [0.1, 0.15) is 0 Å². The van der Waals surface area contributed by atoms with Crippen LogP contribution in [0, 0.1) is 0 Å². The monoisotopic (exact) mass is 207 g/mol. The molecule has 2 aromatic rings. The molecule has 0 saturated carbocycles. The molecule has 0 saturated heterocycles. The van der Waals surface area contributed by atoms with Crippen molar-refractivity contribution in [3.8, 4) is 5.69 Å². The zero-order valence-corrected chi connectivity index (χ0v) is 7.98. The normalized spacial score (nSPS) is 12.6. The number of hydrogen-bond donors (Lipinski definition) is 0. The van der Waals surface area contributed by atoms with Crippen LogP contribution in [0.5, 0.6) is 0 Å². The van der Waals surface area contributed by atoms with Crippen LogP contribution in [0.2, 0.25) is 0 Å². The minimum Gasteiger partial charge on any atom is -0.768 e. The quantitative estimate of drug-likeness (QED) is 0.693. The predicted molar refractivity (Wildman–Crippen MR) is 50.7 cm³/mol. The van der Waals surface area contributed by atoms with Crippen LogP contribution in [-0.4, -0.2) is 18.3 Å². The van der Waals surface area contributed by atoms with Crippen molar-refractivity contribution in [3.63, 3.8) is 0 Å². The smallest absolute Gasteiger partial charge is 0.0991 e. The minimum atomic E-state index is -2.16. The van der Waals surface area contributed by atoms with Gasteiger partial charge in [0, 0.05) is 23.0 Å². The molecule has 1 aromatic carbocycles. The van der Waals surface area contributed by atoms with Crippen LogP contribution in [0.4, 0.5) is 0 Å². The van der Waals surface area contributed by atoms with Crippen molar-refractivity contribution in [2.45, 2.75) is 4.90 Å². The molecule has 0 N–H and O–H groups in total. The molecule has 0 amide bonds. The summed E-state index contributed by atoms with van der Waals surface area (Å²) in [6.07, 6.45) is 5.12. The van der Waals surface area contributed by atoms with E-state index in [0.717, 1.165) is 5.69 Å². The first-order valence-electron chi connectivity index (χ1n) is 3.95. The molecule has 1 aromatic heterocycles. The van der Waals surface area contributed by atoms with Crippen molar-refractivity contribution >= 4 is 11.1 Å². The van der Waals surface area contributed by atoms with Gasteiger partial charge in [0.05, 0.1) is 6.33 Å². The molecule has 1 heterocycles. The molecule has 0 fully saturated rings. The third kappa shape index (κ3) is 1.73. The number of benzene rings is 1. The SMILES string of the molecule is O=S([O-])c1ccc(-n2ccnc2)cc1. The van der Waals surface area contributed by atoms with Crippen molar-refractivity contribution < 1.29 is 8.76 Å². The minimum absolute atomic E-state index is 0.286. The van der Waals surface area contributed by atoms with Gasteiger partial charge in [0.2, 0.25) is 0 Å². The van der Waals surface area contributed by atoms with E-state index in [0.29, 0.717) is 0 Å². The molecule has 4 nitrogen and oxygen atoms in total. The van der Waals surface area contributed by atoms with Crippen LogP contribution in [0.1, 0.15) is 0 Å². The van der Waals surface area contributed by atoms with Crippen molar-refractivity contribution in [3.05, 3.63) is 43.0 Å². The highest BCUT2D eigenvalue weighted by Gasteiger charge is 1.95. The van der Waals surface area contributed by atoms with Crippen LogP contribution in [-0.2, 0) is 11.1 Å². The standard InChI is InChI=1S/C9H8N2O2S/c12-14(13)9-3-1-8(2-4-9)11-6-5-10-7-11/h1-7H,(H,12,13)/p-1. The number of rotatable bonds is 2. The average molecular weight is 207 g/mol. The summed E-state index contributed by atoms with van der Waals surface area (Å²) in [5.41, 5.74) is 0.886. The van der Waals surface area contributed by atoms with E-state index in [1.807, 2.05) is 0 Å². The molecule has 0 spiro atoms. The van der Waals surface area contributed by atoms with E-state index in [-0.39, 0.29) is 4.90 Å². The zero-order valence-electron chi connectivity index (χ0n) is 7.16. The van der Waals surface area contributed by atoms with Gasteiger partial charge in [-0.2, -0.15) is 0 Å². The number of imidazole rings is 1. The Labute approximate surface area is 83.5 Å². The van der Waals surface area contributed by atoms with Crippen LogP contribution in [0.25, 0.3) is 5.69 Å². The van der Waals surface area contributed by atoms with Gasteiger partial charge in [-0.05, 0) is 35.3 Å². The summed E-state index contributed by atoms with van der Waals surface area (Å²) >= 11 is -2.16. The van der Waals surface area contributed by atoms with Crippen LogP contribution in [0.15, 0.2) is 47.9 Å². The number of hydrogen-bond acceptors (Lipinski definition) is 3. The maximum atomic E-state index is 10.6. The fraction of sp³-hybridized carbons (Fsp3) is 0. The largest absolute Gasteiger partial charge is 0.768 e. The average Bonchev–Trinajstić information content (AvgIpc) is 2.71.